The van der Waals surface area contributed by atoms with Crippen LogP contribution >= 0.6 is 7.82 Å². The number of rotatable bonds is 52. The van der Waals surface area contributed by atoms with Crippen molar-refractivity contribution in [3.05, 3.63) is 36.5 Å². The fourth-order valence-electron chi connectivity index (χ4n) is 7.92. The van der Waals surface area contributed by atoms with Crippen LogP contribution in [0.4, 0.5) is 0 Å². The average molecular weight is 938 g/mol. The maximum absolute atomic E-state index is 12.2. The molecule has 382 valence electrons. The summed E-state index contributed by atoms with van der Waals surface area (Å²) in [6.07, 6.45) is 60.9. The predicted molar refractivity (Wildman–Crippen MR) is 275 cm³/mol. The molecule has 0 spiro atoms. The summed E-state index contributed by atoms with van der Waals surface area (Å²) in [5.41, 5.74) is 0. The largest absolute Gasteiger partial charge is 0.472 e. The first-order valence-corrected chi connectivity index (χ1v) is 29.0. The van der Waals surface area contributed by atoms with E-state index in [1.54, 1.807) is 0 Å². The van der Waals surface area contributed by atoms with E-state index >= 15 is 0 Å². The molecular formula is C55H104NO8P. The Bertz CT molecular complexity index is 1160. The SMILES string of the molecule is CCCCC/C=C\C/C=C\C/C=C\CCCCCCCCCCCCC(=O)NCCOP(=O)(O)OCC(O)COC(=O)CCCCCCCCCCCCCCCCCCCCCCC. The Morgan fingerprint density at radius 2 is 0.831 bits per heavy atom. The molecule has 65 heavy (non-hydrogen) atoms. The molecule has 0 aliphatic carbocycles. The summed E-state index contributed by atoms with van der Waals surface area (Å²) in [6.45, 7) is 3.58. The monoisotopic (exact) mass is 938 g/mol. The van der Waals surface area contributed by atoms with Gasteiger partial charge in [-0.05, 0) is 51.4 Å². The van der Waals surface area contributed by atoms with E-state index < -0.39 is 26.5 Å². The van der Waals surface area contributed by atoms with Gasteiger partial charge in [0.1, 0.15) is 12.7 Å². The van der Waals surface area contributed by atoms with Gasteiger partial charge in [-0.25, -0.2) is 4.57 Å². The summed E-state index contributed by atoms with van der Waals surface area (Å²) in [5, 5.41) is 12.8. The number of carbonyl (C=O) groups is 2. The van der Waals surface area contributed by atoms with Gasteiger partial charge in [0, 0.05) is 19.4 Å². The molecule has 3 N–H and O–H groups in total. The minimum atomic E-state index is -4.42. The summed E-state index contributed by atoms with van der Waals surface area (Å²) < 4.78 is 27.0. The van der Waals surface area contributed by atoms with Crippen LogP contribution in [0, 0.1) is 0 Å². The molecule has 0 aromatic heterocycles. The van der Waals surface area contributed by atoms with Gasteiger partial charge >= 0.3 is 13.8 Å². The summed E-state index contributed by atoms with van der Waals surface area (Å²) in [7, 11) is -4.42. The third-order valence-electron chi connectivity index (χ3n) is 12.1. The molecular weight excluding hydrogens is 834 g/mol. The van der Waals surface area contributed by atoms with E-state index in [0.29, 0.717) is 6.42 Å². The Hall–Kier alpha value is -1.77. The van der Waals surface area contributed by atoms with E-state index in [4.69, 9.17) is 13.8 Å². The molecule has 0 rings (SSSR count). The quantitative estimate of drug-likeness (QED) is 0.0238. The minimum absolute atomic E-state index is 0.0808. The first-order valence-electron chi connectivity index (χ1n) is 27.5. The van der Waals surface area contributed by atoms with E-state index in [1.165, 1.54) is 193 Å². The number of phosphoric ester groups is 1. The zero-order valence-corrected chi connectivity index (χ0v) is 43.3. The van der Waals surface area contributed by atoms with Crippen LogP contribution in [0.1, 0.15) is 271 Å². The number of nitrogens with one attached hydrogen (secondary N) is 1. The molecule has 0 aromatic carbocycles. The second-order valence-corrected chi connectivity index (χ2v) is 20.0. The number of unbranched alkanes of at least 4 members (excludes halogenated alkanes) is 33. The Kier molecular flexibility index (Phi) is 50.2. The Morgan fingerprint density at radius 3 is 1.28 bits per heavy atom. The highest BCUT2D eigenvalue weighted by molar-refractivity contribution is 7.47. The van der Waals surface area contributed by atoms with Crippen LogP contribution in [0.5, 0.6) is 0 Å². The zero-order valence-electron chi connectivity index (χ0n) is 42.4. The number of esters is 1. The molecule has 0 radical (unpaired) electrons. The lowest BCUT2D eigenvalue weighted by Gasteiger charge is -2.15. The molecule has 0 heterocycles. The van der Waals surface area contributed by atoms with Crippen LogP contribution in [-0.4, -0.2) is 54.3 Å². The first-order chi connectivity index (χ1) is 31.8. The highest BCUT2D eigenvalue weighted by atomic mass is 31.2. The smallest absolute Gasteiger partial charge is 0.463 e. The van der Waals surface area contributed by atoms with Crippen LogP contribution in [0.15, 0.2) is 36.5 Å². The van der Waals surface area contributed by atoms with Crippen molar-refractivity contribution in [1.82, 2.24) is 5.32 Å². The second kappa shape index (κ2) is 51.6. The standard InChI is InChI=1S/C55H104NO8P/c1-3-5-7-9-11-13-15-17-19-21-23-25-26-28-29-31-33-35-37-39-41-43-45-47-54(58)56-49-50-63-65(60,61)64-52-53(57)51-62-55(59)48-46-44-42-40-38-36-34-32-30-27-24-22-20-18-16-14-12-10-8-6-4-2/h11,13,17,19,23,25,53,57H,3-10,12,14-16,18,20-22,24,26-52H2,1-2H3,(H,56,58)(H,60,61)/b13-11-,19-17-,25-23-. The fourth-order valence-corrected chi connectivity index (χ4v) is 8.68. The van der Waals surface area contributed by atoms with Crippen LogP contribution in [-0.2, 0) is 27.9 Å². The number of allylic oxidation sites excluding steroid dienone is 6. The van der Waals surface area contributed by atoms with Gasteiger partial charge < -0.3 is 20.1 Å². The van der Waals surface area contributed by atoms with Gasteiger partial charge in [-0.3, -0.25) is 18.6 Å². The van der Waals surface area contributed by atoms with Crippen molar-refractivity contribution in [3.8, 4) is 0 Å². The number of hydrogen-bond acceptors (Lipinski definition) is 7. The first kappa shape index (κ1) is 63.2. The topological polar surface area (TPSA) is 131 Å². The Labute approximate surface area is 401 Å². The minimum Gasteiger partial charge on any atom is -0.463 e. The van der Waals surface area contributed by atoms with Gasteiger partial charge in [0.25, 0.3) is 0 Å². The van der Waals surface area contributed by atoms with Gasteiger partial charge in [-0.15, -0.1) is 0 Å². The third kappa shape index (κ3) is 53.1. The van der Waals surface area contributed by atoms with Crippen molar-refractivity contribution in [2.24, 2.45) is 0 Å². The highest BCUT2D eigenvalue weighted by Crippen LogP contribution is 2.42. The number of aliphatic hydroxyl groups excluding tert-OH is 1. The predicted octanol–water partition coefficient (Wildman–Crippen LogP) is 16.5. The van der Waals surface area contributed by atoms with Gasteiger partial charge in [0.05, 0.1) is 13.2 Å². The van der Waals surface area contributed by atoms with Crippen molar-refractivity contribution in [2.45, 2.75) is 277 Å². The number of amides is 1. The molecule has 0 aliphatic heterocycles. The van der Waals surface area contributed by atoms with Crippen molar-refractivity contribution >= 4 is 19.7 Å². The van der Waals surface area contributed by atoms with E-state index in [2.05, 4.69) is 55.6 Å². The highest BCUT2D eigenvalue weighted by Gasteiger charge is 2.23. The molecule has 0 fully saturated rings. The van der Waals surface area contributed by atoms with E-state index in [1.807, 2.05) is 0 Å². The molecule has 2 atom stereocenters. The summed E-state index contributed by atoms with van der Waals surface area (Å²) in [4.78, 5) is 34.1. The molecule has 0 bridgehead atoms. The molecule has 10 heteroatoms. The Morgan fingerprint density at radius 1 is 0.477 bits per heavy atom. The fraction of sp³-hybridized carbons (Fsp3) is 0.855. The molecule has 0 saturated carbocycles. The van der Waals surface area contributed by atoms with Crippen LogP contribution in [0.3, 0.4) is 0 Å². The number of aliphatic hydroxyl groups is 1. The average Bonchev–Trinajstić information content (AvgIpc) is 3.29. The molecule has 2 unspecified atom stereocenters. The number of hydrogen-bond donors (Lipinski definition) is 3. The lowest BCUT2D eigenvalue weighted by molar-refractivity contribution is -0.147. The van der Waals surface area contributed by atoms with E-state index in [-0.39, 0.29) is 32.1 Å². The van der Waals surface area contributed by atoms with Crippen LogP contribution in [0.2, 0.25) is 0 Å². The number of ether oxygens (including phenoxy) is 1. The molecule has 9 nitrogen and oxygen atoms in total. The summed E-state index contributed by atoms with van der Waals surface area (Å²) in [6, 6.07) is 0. The van der Waals surface area contributed by atoms with E-state index in [0.717, 1.165) is 51.4 Å². The molecule has 0 aromatic rings. The van der Waals surface area contributed by atoms with Crippen LogP contribution < -0.4 is 5.32 Å². The van der Waals surface area contributed by atoms with Crippen molar-refractivity contribution in [2.75, 3.05) is 26.4 Å². The maximum atomic E-state index is 12.2. The number of carbonyl (C=O) groups excluding carboxylic acids is 2. The van der Waals surface area contributed by atoms with Crippen LogP contribution in [0.25, 0.3) is 0 Å². The third-order valence-corrected chi connectivity index (χ3v) is 13.1. The zero-order chi connectivity index (χ0) is 47.4. The molecule has 0 aliphatic rings. The van der Waals surface area contributed by atoms with Gasteiger partial charge in [-0.2, -0.15) is 0 Å². The normalized spacial score (nSPS) is 13.4. The van der Waals surface area contributed by atoms with Crippen molar-refractivity contribution in [3.63, 3.8) is 0 Å². The van der Waals surface area contributed by atoms with Gasteiger partial charge in [-0.1, -0.05) is 243 Å². The molecule has 0 saturated heterocycles. The lowest BCUT2D eigenvalue weighted by atomic mass is 10.0. The Balaban J connectivity index is 3.53. The second-order valence-electron chi connectivity index (χ2n) is 18.6. The molecule has 1 amide bonds. The van der Waals surface area contributed by atoms with Gasteiger partial charge in [0.2, 0.25) is 5.91 Å². The maximum Gasteiger partial charge on any atom is 0.472 e. The van der Waals surface area contributed by atoms with Gasteiger partial charge in [0.15, 0.2) is 0 Å². The summed E-state index contributed by atoms with van der Waals surface area (Å²) in [5.74, 6) is -0.509. The van der Waals surface area contributed by atoms with Crippen molar-refractivity contribution in [1.29, 1.82) is 0 Å². The van der Waals surface area contributed by atoms with Crippen molar-refractivity contribution < 1.29 is 37.9 Å². The lowest BCUT2D eigenvalue weighted by Crippen LogP contribution is -2.27. The number of phosphoric acid groups is 1. The summed E-state index contributed by atoms with van der Waals surface area (Å²) >= 11 is 0. The van der Waals surface area contributed by atoms with E-state index in [9.17, 15) is 24.2 Å².